The van der Waals surface area contributed by atoms with E-state index < -0.39 is 17.4 Å². The van der Waals surface area contributed by atoms with Crippen LogP contribution in [0.4, 0.5) is 0 Å². The number of hydrogen-bond donors (Lipinski definition) is 0. The van der Waals surface area contributed by atoms with Crippen LogP contribution in [0.25, 0.3) is 0 Å². The lowest BCUT2D eigenvalue weighted by atomic mass is 9.57. The second-order valence-electron chi connectivity index (χ2n) is 7.67. The van der Waals surface area contributed by atoms with Gasteiger partial charge in [-0.2, -0.15) is 0 Å². The van der Waals surface area contributed by atoms with Crippen molar-refractivity contribution >= 4 is 17.7 Å². The van der Waals surface area contributed by atoms with Crippen LogP contribution in [0.1, 0.15) is 66.7 Å². The number of hydrogen-bond acceptors (Lipinski definition) is 5. The van der Waals surface area contributed by atoms with Crippen molar-refractivity contribution in [2.45, 2.75) is 66.7 Å². The van der Waals surface area contributed by atoms with Crippen LogP contribution in [0.15, 0.2) is 11.1 Å². The molecule has 0 aromatic heterocycles. The molecule has 1 saturated carbocycles. The number of fused-ring (bicyclic) bond motifs is 1. The van der Waals surface area contributed by atoms with Gasteiger partial charge in [-0.25, -0.2) is 0 Å². The van der Waals surface area contributed by atoms with Crippen molar-refractivity contribution in [3.63, 3.8) is 0 Å². The Morgan fingerprint density at radius 3 is 2.24 bits per heavy atom. The normalized spacial score (nSPS) is 26.9. The molecule has 2 atom stereocenters. The molecule has 0 amide bonds. The Hall–Kier alpha value is -1.65. The van der Waals surface area contributed by atoms with Crippen LogP contribution in [0.5, 0.6) is 0 Å². The van der Waals surface area contributed by atoms with E-state index in [2.05, 4.69) is 6.92 Å². The summed E-state index contributed by atoms with van der Waals surface area (Å²) in [6, 6.07) is 0. The van der Waals surface area contributed by atoms with E-state index in [1.165, 1.54) is 0 Å². The lowest BCUT2D eigenvalue weighted by Crippen LogP contribution is -2.48. The van der Waals surface area contributed by atoms with Crippen molar-refractivity contribution in [3.8, 4) is 0 Å². The molecule has 0 spiro atoms. The lowest BCUT2D eigenvalue weighted by Gasteiger charge is -2.46. The summed E-state index contributed by atoms with van der Waals surface area (Å²) in [5, 5.41) is 0. The van der Waals surface area contributed by atoms with Crippen molar-refractivity contribution in [2.24, 2.45) is 16.7 Å². The van der Waals surface area contributed by atoms with E-state index >= 15 is 0 Å². The van der Waals surface area contributed by atoms with Crippen molar-refractivity contribution < 1.29 is 23.9 Å². The molecule has 2 rings (SSSR count). The molecule has 0 N–H and O–H groups in total. The molecule has 0 aromatic carbocycles. The number of rotatable bonds is 5. The molecule has 2 aliphatic rings. The first-order valence-electron chi connectivity index (χ1n) is 9.28. The summed E-state index contributed by atoms with van der Waals surface area (Å²) in [4.78, 5) is 37.5. The van der Waals surface area contributed by atoms with E-state index in [-0.39, 0.29) is 30.3 Å². The third-order valence-electron chi connectivity index (χ3n) is 6.21. The van der Waals surface area contributed by atoms with Gasteiger partial charge < -0.3 is 9.47 Å². The summed E-state index contributed by atoms with van der Waals surface area (Å²) >= 11 is 0. The fourth-order valence-corrected chi connectivity index (χ4v) is 4.34. The smallest absolute Gasteiger partial charge is 0.323 e. The Morgan fingerprint density at radius 1 is 1.16 bits per heavy atom. The monoisotopic (exact) mass is 350 g/mol. The number of Topliss-reactive ketones (excluding diaryl/α,β-unsaturated/α-hetero) is 1. The fraction of sp³-hybridized carbons (Fsp3) is 0.750. The SMILES string of the molecule is CCOC(=O)C(C)(C(=O)OCC)[C@@H]1CC[C@@]2(C)CCC(=O)C(C)=C2C1. The van der Waals surface area contributed by atoms with Crippen LogP contribution in [0.3, 0.4) is 0 Å². The third kappa shape index (κ3) is 3.38. The van der Waals surface area contributed by atoms with Gasteiger partial charge in [-0.1, -0.05) is 12.5 Å². The summed E-state index contributed by atoms with van der Waals surface area (Å²) in [6.45, 7) is 9.61. The van der Waals surface area contributed by atoms with Gasteiger partial charge in [-0.15, -0.1) is 0 Å². The summed E-state index contributed by atoms with van der Waals surface area (Å²) < 4.78 is 10.4. The highest BCUT2D eigenvalue weighted by atomic mass is 16.6. The Morgan fingerprint density at radius 2 is 1.72 bits per heavy atom. The van der Waals surface area contributed by atoms with Crippen LogP contribution >= 0.6 is 0 Å². The Balaban J connectivity index is 2.39. The maximum atomic E-state index is 12.7. The van der Waals surface area contributed by atoms with Crippen LogP contribution in [0, 0.1) is 16.7 Å². The second-order valence-corrected chi connectivity index (χ2v) is 7.67. The maximum Gasteiger partial charge on any atom is 0.323 e. The van der Waals surface area contributed by atoms with Gasteiger partial charge in [-0.3, -0.25) is 14.4 Å². The second kappa shape index (κ2) is 7.30. The Labute approximate surface area is 150 Å². The Bertz CT molecular complexity index is 585. The molecule has 2 aliphatic carbocycles. The topological polar surface area (TPSA) is 69.7 Å². The number of carbonyl (C=O) groups excluding carboxylic acids is 3. The molecule has 5 heteroatoms. The molecule has 0 unspecified atom stereocenters. The van der Waals surface area contributed by atoms with E-state index in [1.807, 2.05) is 6.92 Å². The molecular formula is C20H30O5. The van der Waals surface area contributed by atoms with Crippen molar-refractivity contribution in [2.75, 3.05) is 13.2 Å². The zero-order chi connectivity index (χ0) is 18.8. The maximum absolute atomic E-state index is 12.7. The minimum Gasteiger partial charge on any atom is -0.465 e. The van der Waals surface area contributed by atoms with E-state index in [4.69, 9.17) is 9.47 Å². The Kier molecular flexibility index (Phi) is 5.75. The molecular weight excluding hydrogens is 320 g/mol. The standard InChI is InChI=1S/C20H30O5/c1-6-24-17(22)20(5,18(23)25-7-2)14-8-10-19(4)11-9-16(21)13(3)15(19)12-14/h14H,6-12H2,1-5H3/t14-,19+/m1/s1. The molecule has 0 heterocycles. The molecule has 0 saturated heterocycles. The van der Waals surface area contributed by atoms with Crippen molar-refractivity contribution in [1.29, 1.82) is 0 Å². The largest absolute Gasteiger partial charge is 0.465 e. The van der Waals surface area contributed by atoms with Crippen LogP contribution in [0.2, 0.25) is 0 Å². The third-order valence-corrected chi connectivity index (χ3v) is 6.21. The number of carbonyl (C=O) groups is 3. The van der Waals surface area contributed by atoms with E-state index in [0.29, 0.717) is 12.8 Å². The molecule has 25 heavy (non-hydrogen) atoms. The highest BCUT2D eigenvalue weighted by Gasteiger charge is 2.54. The summed E-state index contributed by atoms with van der Waals surface area (Å²) in [5.41, 5.74) is 0.591. The van der Waals surface area contributed by atoms with Crippen molar-refractivity contribution in [3.05, 3.63) is 11.1 Å². The average molecular weight is 350 g/mol. The zero-order valence-corrected chi connectivity index (χ0v) is 16.1. The summed E-state index contributed by atoms with van der Waals surface area (Å²) in [5.74, 6) is -1.08. The van der Waals surface area contributed by atoms with Crippen LogP contribution in [-0.2, 0) is 23.9 Å². The summed E-state index contributed by atoms with van der Waals surface area (Å²) in [7, 11) is 0. The number of ether oxygens (including phenoxy) is 2. The van der Waals surface area contributed by atoms with Gasteiger partial charge in [0, 0.05) is 6.42 Å². The fourth-order valence-electron chi connectivity index (χ4n) is 4.34. The van der Waals surface area contributed by atoms with Gasteiger partial charge >= 0.3 is 11.9 Å². The van der Waals surface area contributed by atoms with E-state index in [0.717, 1.165) is 30.4 Å². The highest BCUT2D eigenvalue weighted by molar-refractivity contribution is 6.00. The molecule has 140 valence electrons. The van der Waals surface area contributed by atoms with Gasteiger partial charge in [0.15, 0.2) is 11.2 Å². The molecule has 0 aromatic rings. The molecule has 0 aliphatic heterocycles. The van der Waals surface area contributed by atoms with Gasteiger partial charge in [0.1, 0.15) is 0 Å². The first kappa shape index (κ1) is 19.7. The van der Waals surface area contributed by atoms with Crippen LogP contribution in [-0.4, -0.2) is 30.9 Å². The minimum absolute atomic E-state index is 0.00126. The van der Waals surface area contributed by atoms with Crippen LogP contribution < -0.4 is 0 Å². The van der Waals surface area contributed by atoms with E-state index in [9.17, 15) is 14.4 Å². The number of ketones is 1. The van der Waals surface area contributed by atoms with Gasteiger partial charge in [0.05, 0.1) is 13.2 Å². The number of esters is 2. The van der Waals surface area contributed by atoms with E-state index in [1.54, 1.807) is 20.8 Å². The molecule has 0 bridgehead atoms. The first-order chi connectivity index (χ1) is 11.7. The predicted octanol–water partition coefficient (Wildman–Crippen LogP) is 3.60. The number of allylic oxidation sites excluding steroid dienone is 2. The van der Waals surface area contributed by atoms with Crippen molar-refractivity contribution in [1.82, 2.24) is 0 Å². The molecule has 0 radical (unpaired) electrons. The zero-order valence-electron chi connectivity index (χ0n) is 16.1. The van der Waals surface area contributed by atoms with Gasteiger partial charge in [0.2, 0.25) is 0 Å². The highest BCUT2D eigenvalue weighted by Crippen LogP contribution is 2.54. The summed E-state index contributed by atoms with van der Waals surface area (Å²) in [6.07, 6.45) is 3.62. The quantitative estimate of drug-likeness (QED) is 0.560. The average Bonchev–Trinajstić information content (AvgIpc) is 2.58. The molecule has 1 fully saturated rings. The van der Waals surface area contributed by atoms with Gasteiger partial charge in [0.25, 0.3) is 0 Å². The minimum atomic E-state index is -1.33. The lowest BCUT2D eigenvalue weighted by molar-refractivity contribution is -0.176. The molecule has 5 nitrogen and oxygen atoms in total. The predicted molar refractivity (Wildman–Crippen MR) is 93.8 cm³/mol. The first-order valence-corrected chi connectivity index (χ1v) is 9.28. The van der Waals surface area contributed by atoms with Gasteiger partial charge in [-0.05, 0) is 70.3 Å².